The highest BCUT2D eigenvalue weighted by Gasteiger charge is 2.81. The van der Waals surface area contributed by atoms with Gasteiger partial charge in [-0.05, 0) is 100 Å². The standard InChI is InChI=1S/C58H94O26/c1-23(2)15-25-16-56(8,72)47-26-9-10-32-54(6)13-12-33(53(4,5)31(54)11-14-55(32,7)57(26)21-58(47,84-25)76-22-57)80-51-46(83-50-43(71)38(66)34(62)24(3)77-50)44(28(61)19-74-51)81-52-45(82-49-41(69)35(63)27(60)18-73-49)40(68)37(65)30(79-52)20-75-48-42(70)39(67)36(64)29(17-59)78-48/h15,24-52,59-72H,9-14,16-22H2,1-8H3/t24-,25-,26+,27+,28-,29+,30+,31?,32+,33-,34-,35-,36+,37+,38+,39-,40-,41+,42+,43+,44-,45+,46+,47-,48+,49-,50-,51-,52-,54-,55+,56-,57-,58-/m0/s1. The van der Waals surface area contributed by atoms with E-state index < -0.39 is 191 Å². The number of hydrogen-bond acceptors (Lipinski definition) is 26. The SMILES string of the molecule is CC(C)=C[C@H]1C[C@](C)(O)[C@@H]2[C@H]3CC[C@@H]4[C@@]5(C)CC[C@H](O[C@@H]6OC[C@H](O)[C@H](O[C@@H]7O[C@H](CO[C@@H]8O[C@H](CO)[C@@H](O)[C@H](O)[C@H]8O)[C@@H](O)[C@H](O)[C@H]7O[C@@H]7OC[C@@H](O)[C@H](O)[C@H]7O)[C@H]6O[C@@H]6O[C@@H](C)[C@H](O)[C@@H](O)[C@H]6O)C(C)(C)C5CC[C@@]4(C)[C@@]34CO[C@@]2(C4)O1. The molecule has 7 saturated heterocycles. The summed E-state index contributed by atoms with van der Waals surface area (Å²) in [6, 6.07) is 0. The van der Waals surface area contributed by atoms with E-state index in [0.717, 1.165) is 44.1 Å². The molecule has 4 saturated carbocycles. The third kappa shape index (κ3) is 10.5. The number of allylic oxidation sites excluding steroid dienone is 1. The van der Waals surface area contributed by atoms with Crippen molar-refractivity contribution < 1.29 is 128 Å². The maximum Gasteiger partial charge on any atom is 0.187 e. The Labute approximate surface area is 488 Å². The lowest BCUT2D eigenvalue weighted by Crippen LogP contribution is -2.68. The van der Waals surface area contributed by atoms with Crippen LogP contribution in [0.3, 0.4) is 0 Å². The lowest BCUT2D eigenvalue weighted by atomic mass is 9.35. The molecule has 26 nitrogen and oxygen atoms in total. The lowest BCUT2D eigenvalue weighted by molar-refractivity contribution is -0.401. The third-order valence-corrected chi connectivity index (χ3v) is 22.5. The molecule has 0 amide bonds. The van der Waals surface area contributed by atoms with Crippen molar-refractivity contribution in [2.24, 2.45) is 45.3 Å². The highest BCUT2D eigenvalue weighted by Crippen LogP contribution is 2.80. The minimum atomic E-state index is -2.04. The first kappa shape index (κ1) is 64.2. The molecule has 7 aliphatic heterocycles. The summed E-state index contributed by atoms with van der Waals surface area (Å²) in [5.41, 5.74) is -0.980. The summed E-state index contributed by atoms with van der Waals surface area (Å²) >= 11 is 0. The molecule has 14 N–H and O–H groups in total. The van der Waals surface area contributed by atoms with Gasteiger partial charge in [0.15, 0.2) is 37.2 Å². The van der Waals surface area contributed by atoms with Crippen LogP contribution in [0.25, 0.3) is 0 Å². The predicted octanol–water partition coefficient (Wildman–Crippen LogP) is -2.72. The minimum absolute atomic E-state index is 0.110. The van der Waals surface area contributed by atoms with E-state index in [9.17, 15) is 71.5 Å². The van der Waals surface area contributed by atoms with E-state index in [1.54, 1.807) is 0 Å². The van der Waals surface area contributed by atoms with Crippen LogP contribution in [0.1, 0.15) is 107 Å². The number of aliphatic hydroxyl groups excluding tert-OH is 13. The molecular weight excluding hydrogens is 1110 g/mol. The van der Waals surface area contributed by atoms with Crippen LogP contribution in [0.5, 0.6) is 0 Å². The maximum absolute atomic E-state index is 12.3. The van der Waals surface area contributed by atoms with E-state index in [2.05, 4.69) is 33.8 Å². The zero-order valence-corrected chi connectivity index (χ0v) is 49.2. The van der Waals surface area contributed by atoms with E-state index in [-0.39, 0.29) is 46.0 Å². The van der Waals surface area contributed by atoms with E-state index in [0.29, 0.717) is 19.4 Å². The van der Waals surface area contributed by atoms with Crippen molar-refractivity contribution in [3.63, 3.8) is 0 Å². The Morgan fingerprint density at radius 1 is 0.583 bits per heavy atom. The fourth-order valence-electron chi connectivity index (χ4n) is 18.3. The number of rotatable bonds is 13. The Morgan fingerprint density at radius 2 is 1.21 bits per heavy atom. The molecule has 26 heteroatoms. The molecule has 1 unspecified atom stereocenters. The quantitative estimate of drug-likeness (QED) is 0.0658. The molecule has 0 aromatic rings. The third-order valence-electron chi connectivity index (χ3n) is 22.5. The van der Waals surface area contributed by atoms with Crippen LogP contribution in [0.15, 0.2) is 11.6 Å². The summed E-state index contributed by atoms with van der Waals surface area (Å²) in [6.45, 7) is 14.8. The number of fused-ring (bicyclic) bond motifs is 4. The molecule has 34 atom stereocenters. The van der Waals surface area contributed by atoms with E-state index in [1.807, 2.05) is 20.8 Å². The van der Waals surface area contributed by atoms with E-state index in [4.69, 9.17) is 56.8 Å². The summed E-state index contributed by atoms with van der Waals surface area (Å²) in [7, 11) is 0. The topological polar surface area (TPSA) is 394 Å². The monoisotopic (exact) mass is 1210 g/mol. The van der Waals surface area contributed by atoms with Crippen LogP contribution in [0.4, 0.5) is 0 Å². The number of aliphatic hydroxyl groups is 14. The van der Waals surface area contributed by atoms with Gasteiger partial charge in [-0.15, -0.1) is 0 Å². The lowest BCUT2D eigenvalue weighted by Gasteiger charge is -2.70. The van der Waals surface area contributed by atoms with Gasteiger partial charge in [0.2, 0.25) is 0 Å². The van der Waals surface area contributed by atoms with Crippen molar-refractivity contribution in [3.05, 3.63) is 11.6 Å². The van der Waals surface area contributed by atoms with Crippen LogP contribution in [-0.2, 0) is 56.8 Å². The van der Waals surface area contributed by atoms with Crippen LogP contribution >= 0.6 is 0 Å². The van der Waals surface area contributed by atoms with Crippen LogP contribution in [0.2, 0.25) is 0 Å². The average molecular weight is 1210 g/mol. The molecule has 11 fully saturated rings. The molecule has 84 heavy (non-hydrogen) atoms. The summed E-state index contributed by atoms with van der Waals surface area (Å²) in [6.07, 6.45) is -31.8. The smallest absolute Gasteiger partial charge is 0.187 e. The highest BCUT2D eigenvalue weighted by molar-refractivity contribution is 5.27. The molecule has 2 bridgehead atoms. The van der Waals surface area contributed by atoms with Gasteiger partial charge in [-0.25, -0.2) is 0 Å². The number of ether oxygens (including phenoxy) is 12. The fraction of sp³-hybridized carbons (Fsp3) is 0.966. The molecule has 0 radical (unpaired) electrons. The molecular formula is C58H94O26. The molecule has 0 aromatic carbocycles. The molecule has 7 heterocycles. The summed E-state index contributed by atoms with van der Waals surface area (Å²) in [4.78, 5) is 0. The van der Waals surface area contributed by atoms with Crippen molar-refractivity contribution >= 4 is 0 Å². The van der Waals surface area contributed by atoms with Gasteiger partial charge in [-0.2, -0.15) is 0 Å². The first-order valence-electron chi connectivity index (χ1n) is 30.3. The first-order valence-corrected chi connectivity index (χ1v) is 30.3. The van der Waals surface area contributed by atoms with Gasteiger partial charge in [-0.3, -0.25) is 0 Å². The van der Waals surface area contributed by atoms with Gasteiger partial charge < -0.3 is 128 Å². The Hall–Kier alpha value is -1.30. The number of hydrogen-bond donors (Lipinski definition) is 14. The summed E-state index contributed by atoms with van der Waals surface area (Å²) < 4.78 is 75.5. The van der Waals surface area contributed by atoms with Gasteiger partial charge in [0.25, 0.3) is 0 Å². The second kappa shape index (κ2) is 23.4. The Morgan fingerprint density at radius 3 is 1.93 bits per heavy atom. The zero-order valence-electron chi connectivity index (χ0n) is 49.2. The Bertz CT molecular complexity index is 2330. The average Bonchev–Trinajstić information content (AvgIpc) is 1.44. The van der Waals surface area contributed by atoms with Crippen LogP contribution < -0.4 is 0 Å². The van der Waals surface area contributed by atoms with Crippen molar-refractivity contribution in [1.29, 1.82) is 0 Å². The van der Waals surface area contributed by atoms with Crippen molar-refractivity contribution in [2.75, 3.05) is 33.0 Å². The van der Waals surface area contributed by atoms with Crippen molar-refractivity contribution in [1.82, 2.24) is 0 Å². The molecule has 4 aliphatic carbocycles. The van der Waals surface area contributed by atoms with Gasteiger partial charge in [-0.1, -0.05) is 39.3 Å². The fourth-order valence-corrected chi connectivity index (χ4v) is 18.3. The Kier molecular flexibility index (Phi) is 17.9. The van der Waals surface area contributed by atoms with Gasteiger partial charge in [0.05, 0.1) is 56.9 Å². The van der Waals surface area contributed by atoms with Gasteiger partial charge in [0, 0.05) is 24.2 Å². The van der Waals surface area contributed by atoms with E-state index in [1.165, 1.54) is 6.92 Å². The van der Waals surface area contributed by atoms with Gasteiger partial charge in [0.1, 0.15) is 104 Å². The molecule has 11 aliphatic rings. The van der Waals surface area contributed by atoms with Crippen LogP contribution in [0, 0.1) is 45.3 Å². The molecule has 482 valence electrons. The summed E-state index contributed by atoms with van der Waals surface area (Å²) in [5.74, 6) is -0.440. The first-order chi connectivity index (χ1) is 39.4. The largest absolute Gasteiger partial charge is 0.394 e. The molecule has 0 aromatic heterocycles. The second-order valence-corrected chi connectivity index (χ2v) is 28.2. The van der Waals surface area contributed by atoms with Crippen molar-refractivity contribution in [3.8, 4) is 0 Å². The van der Waals surface area contributed by atoms with Gasteiger partial charge >= 0.3 is 0 Å². The normalized spacial score (nSPS) is 57.1. The van der Waals surface area contributed by atoms with E-state index >= 15 is 0 Å². The predicted molar refractivity (Wildman–Crippen MR) is 283 cm³/mol. The summed E-state index contributed by atoms with van der Waals surface area (Å²) in [5, 5.41) is 154. The highest BCUT2D eigenvalue weighted by atomic mass is 16.8. The molecule has 2 spiro atoms. The molecule has 11 rings (SSSR count). The minimum Gasteiger partial charge on any atom is -0.394 e. The Balaban J connectivity index is 0.870. The maximum atomic E-state index is 12.3. The second-order valence-electron chi connectivity index (χ2n) is 28.2. The van der Waals surface area contributed by atoms with Crippen molar-refractivity contribution in [2.45, 2.75) is 272 Å². The zero-order chi connectivity index (χ0) is 60.7. The van der Waals surface area contributed by atoms with Crippen LogP contribution in [-0.4, -0.2) is 269 Å².